The van der Waals surface area contributed by atoms with Crippen LogP contribution in [0.1, 0.15) is 15.2 Å². The number of carbonyl (C=O) groups is 1. The van der Waals surface area contributed by atoms with Crippen LogP contribution in [-0.4, -0.2) is 5.91 Å². The number of amides is 1. The Morgan fingerprint density at radius 2 is 2.24 bits per heavy atom. The van der Waals surface area contributed by atoms with E-state index in [1.165, 1.54) is 11.3 Å². The summed E-state index contributed by atoms with van der Waals surface area (Å²) in [5, 5.41) is 5.05. The van der Waals surface area contributed by atoms with Crippen LogP contribution in [0.5, 0.6) is 0 Å². The van der Waals surface area contributed by atoms with Gasteiger partial charge < -0.3 is 11.1 Å². The molecule has 0 radical (unpaired) electrons. The average Bonchev–Trinajstić information content (AvgIpc) is 2.76. The molecule has 0 spiro atoms. The van der Waals surface area contributed by atoms with Crippen molar-refractivity contribution in [1.82, 2.24) is 0 Å². The Labute approximate surface area is 108 Å². The Morgan fingerprint density at radius 3 is 2.88 bits per heavy atom. The van der Waals surface area contributed by atoms with Crippen molar-refractivity contribution in [3.05, 3.63) is 51.2 Å². The molecule has 0 atom stereocenters. The highest BCUT2D eigenvalue weighted by Crippen LogP contribution is 2.23. The van der Waals surface area contributed by atoms with Crippen molar-refractivity contribution in [2.45, 2.75) is 6.54 Å². The summed E-state index contributed by atoms with van der Waals surface area (Å²) in [5.41, 5.74) is 7.23. The van der Waals surface area contributed by atoms with Gasteiger partial charge in [0.2, 0.25) is 0 Å². The van der Waals surface area contributed by atoms with E-state index in [1.54, 1.807) is 11.4 Å². The molecular formula is C12H11ClN2OS. The molecule has 88 valence electrons. The molecule has 0 fully saturated rings. The van der Waals surface area contributed by atoms with Gasteiger partial charge in [-0.25, -0.2) is 0 Å². The lowest BCUT2D eigenvalue weighted by Crippen LogP contribution is -2.11. The third-order valence-corrected chi connectivity index (χ3v) is 3.58. The summed E-state index contributed by atoms with van der Waals surface area (Å²) in [6.07, 6.45) is 0. The van der Waals surface area contributed by atoms with E-state index in [4.69, 9.17) is 17.3 Å². The zero-order chi connectivity index (χ0) is 12.3. The zero-order valence-corrected chi connectivity index (χ0v) is 10.5. The van der Waals surface area contributed by atoms with Gasteiger partial charge in [-0.1, -0.05) is 23.7 Å². The Balaban J connectivity index is 2.16. The lowest BCUT2D eigenvalue weighted by molar-refractivity contribution is 0.103. The summed E-state index contributed by atoms with van der Waals surface area (Å²) >= 11 is 7.21. The third kappa shape index (κ3) is 2.85. The second-order valence-corrected chi connectivity index (χ2v) is 4.78. The minimum Gasteiger partial charge on any atom is -0.326 e. The Kier molecular flexibility index (Phi) is 3.78. The Bertz CT molecular complexity index is 539. The molecule has 0 bridgehead atoms. The molecule has 3 nitrogen and oxygen atoms in total. The molecule has 1 aromatic carbocycles. The lowest BCUT2D eigenvalue weighted by Gasteiger charge is -2.05. The first-order valence-corrected chi connectivity index (χ1v) is 6.30. The molecule has 2 aromatic rings. The second-order valence-electron chi connectivity index (χ2n) is 3.46. The fourth-order valence-electron chi connectivity index (χ4n) is 1.42. The van der Waals surface area contributed by atoms with E-state index < -0.39 is 0 Å². The highest BCUT2D eigenvalue weighted by atomic mass is 35.5. The monoisotopic (exact) mass is 266 g/mol. The summed E-state index contributed by atoms with van der Waals surface area (Å²) in [4.78, 5) is 12.4. The minimum atomic E-state index is -0.195. The van der Waals surface area contributed by atoms with Gasteiger partial charge in [0.25, 0.3) is 5.91 Å². The van der Waals surface area contributed by atoms with Crippen molar-refractivity contribution in [2.75, 3.05) is 5.32 Å². The van der Waals surface area contributed by atoms with E-state index >= 15 is 0 Å². The molecule has 0 saturated heterocycles. The number of rotatable bonds is 3. The molecule has 1 heterocycles. The highest BCUT2D eigenvalue weighted by molar-refractivity contribution is 7.12. The van der Waals surface area contributed by atoms with Gasteiger partial charge in [-0.2, -0.15) is 0 Å². The van der Waals surface area contributed by atoms with E-state index in [2.05, 4.69) is 5.32 Å². The lowest BCUT2D eigenvalue weighted by atomic mass is 10.2. The number of hydrogen-bond donors (Lipinski definition) is 2. The van der Waals surface area contributed by atoms with Crippen LogP contribution < -0.4 is 11.1 Å². The van der Waals surface area contributed by atoms with Crippen molar-refractivity contribution in [1.29, 1.82) is 0 Å². The number of nitrogens with two attached hydrogens (primary N) is 1. The molecular weight excluding hydrogens is 256 g/mol. The summed E-state index contributed by atoms with van der Waals surface area (Å²) < 4.78 is 0. The first kappa shape index (κ1) is 12.1. The molecule has 1 aromatic heterocycles. The maximum atomic E-state index is 11.9. The van der Waals surface area contributed by atoms with Crippen molar-refractivity contribution in [3.8, 4) is 0 Å². The van der Waals surface area contributed by atoms with Crippen molar-refractivity contribution < 1.29 is 4.79 Å². The number of halogens is 1. The number of nitrogens with one attached hydrogen (secondary N) is 1. The molecule has 17 heavy (non-hydrogen) atoms. The van der Waals surface area contributed by atoms with Crippen LogP contribution in [0.25, 0.3) is 0 Å². The van der Waals surface area contributed by atoms with Gasteiger partial charge in [-0.05, 0) is 29.1 Å². The Morgan fingerprint density at radius 1 is 1.41 bits per heavy atom. The van der Waals surface area contributed by atoms with Gasteiger partial charge in [0.1, 0.15) is 4.88 Å². The predicted octanol–water partition coefficient (Wildman–Crippen LogP) is 3.11. The van der Waals surface area contributed by atoms with Gasteiger partial charge >= 0.3 is 0 Å². The Hall–Kier alpha value is -1.36. The highest BCUT2D eigenvalue weighted by Gasteiger charge is 2.11. The fourth-order valence-corrected chi connectivity index (χ4v) is 2.46. The number of anilines is 1. The summed E-state index contributed by atoms with van der Waals surface area (Å²) in [5.74, 6) is -0.195. The normalized spacial score (nSPS) is 10.2. The van der Waals surface area contributed by atoms with Crippen LogP contribution in [0.15, 0.2) is 35.7 Å². The summed E-state index contributed by atoms with van der Waals surface area (Å²) in [6, 6.07) is 9.14. The average molecular weight is 267 g/mol. The topological polar surface area (TPSA) is 55.1 Å². The van der Waals surface area contributed by atoms with E-state index in [0.717, 1.165) is 11.3 Å². The number of carbonyl (C=O) groups excluding carboxylic acids is 1. The SMILES string of the molecule is NCc1cccc(NC(=O)c2sccc2Cl)c1. The molecule has 5 heteroatoms. The molecule has 0 aliphatic heterocycles. The van der Waals surface area contributed by atoms with Crippen molar-refractivity contribution in [2.24, 2.45) is 5.73 Å². The predicted molar refractivity (Wildman–Crippen MR) is 71.6 cm³/mol. The van der Waals surface area contributed by atoms with Crippen LogP contribution in [0, 0.1) is 0 Å². The summed E-state index contributed by atoms with van der Waals surface area (Å²) in [6.45, 7) is 0.448. The van der Waals surface area contributed by atoms with Gasteiger partial charge in [-0.3, -0.25) is 4.79 Å². The molecule has 1 amide bonds. The molecule has 0 aliphatic rings. The quantitative estimate of drug-likeness (QED) is 0.897. The van der Waals surface area contributed by atoms with Crippen LogP contribution in [0.2, 0.25) is 5.02 Å². The molecule has 0 unspecified atom stereocenters. The zero-order valence-electron chi connectivity index (χ0n) is 8.94. The number of thiophene rings is 1. The third-order valence-electron chi connectivity index (χ3n) is 2.24. The van der Waals surface area contributed by atoms with Crippen LogP contribution >= 0.6 is 22.9 Å². The minimum absolute atomic E-state index is 0.195. The van der Waals surface area contributed by atoms with E-state index in [1.807, 2.05) is 24.3 Å². The van der Waals surface area contributed by atoms with Gasteiger partial charge in [0, 0.05) is 12.2 Å². The van der Waals surface area contributed by atoms with Crippen LogP contribution in [-0.2, 0) is 6.54 Å². The van der Waals surface area contributed by atoms with Crippen LogP contribution in [0.3, 0.4) is 0 Å². The van der Waals surface area contributed by atoms with E-state index in [9.17, 15) is 4.79 Å². The molecule has 3 N–H and O–H groups in total. The molecule has 0 saturated carbocycles. The first-order chi connectivity index (χ1) is 8.20. The first-order valence-electron chi connectivity index (χ1n) is 5.04. The van der Waals surface area contributed by atoms with Gasteiger partial charge in [-0.15, -0.1) is 11.3 Å². The van der Waals surface area contributed by atoms with Crippen molar-refractivity contribution >= 4 is 34.5 Å². The van der Waals surface area contributed by atoms with Crippen LogP contribution in [0.4, 0.5) is 5.69 Å². The molecule has 2 rings (SSSR count). The standard InChI is InChI=1S/C12H11ClN2OS/c13-10-4-5-17-11(10)12(16)15-9-3-1-2-8(6-9)7-14/h1-6H,7,14H2,(H,15,16). The maximum absolute atomic E-state index is 11.9. The van der Waals surface area contributed by atoms with E-state index in [-0.39, 0.29) is 5.91 Å². The largest absolute Gasteiger partial charge is 0.326 e. The van der Waals surface area contributed by atoms with Gasteiger partial charge in [0.05, 0.1) is 5.02 Å². The second kappa shape index (κ2) is 5.31. The fraction of sp³-hybridized carbons (Fsp3) is 0.0833. The molecule has 0 aliphatic carbocycles. The number of hydrogen-bond acceptors (Lipinski definition) is 3. The smallest absolute Gasteiger partial charge is 0.267 e. The van der Waals surface area contributed by atoms with Crippen molar-refractivity contribution in [3.63, 3.8) is 0 Å². The van der Waals surface area contributed by atoms with Gasteiger partial charge in [0.15, 0.2) is 0 Å². The van der Waals surface area contributed by atoms with E-state index in [0.29, 0.717) is 16.4 Å². The number of benzene rings is 1. The summed E-state index contributed by atoms with van der Waals surface area (Å²) in [7, 11) is 0. The maximum Gasteiger partial charge on any atom is 0.267 e.